The first kappa shape index (κ1) is 27.0. The highest BCUT2D eigenvalue weighted by Gasteiger charge is 2.15. The van der Waals surface area contributed by atoms with E-state index in [1.807, 2.05) is 12.1 Å². The maximum atomic E-state index is 5.61. The van der Waals surface area contributed by atoms with Crippen LogP contribution in [0.3, 0.4) is 0 Å². The van der Waals surface area contributed by atoms with E-state index in [9.17, 15) is 0 Å². The van der Waals surface area contributed by atoms with Gasteiger partial charge in [-0.1, -0.05) is 140 Å². The molecule has 0 spiro atoms. The van der Waals surface area contributed by atoms with Crippen molar-refractivity contribution in [2.45, 2.75) is 0 Å². The number of aromatic nitrogens is 2. The zero-order chi connectivity index (χ0) is 31.2. The van der Waals surface area contributed by atoms with Crippen LogP contribution in [0.4, 0.5) is 0 Å². The average Bonchev–Trinajstić information content (AvgIpc) is 3.63. The second kappa shape index (κ2) is 11.2. The lowest BCUT2D eigenvalue weighted by Crippen LogP contribution is -1.92. The van der Waals surface area contributed by atoms with Crippen molar-refractivity contribution in [3.05, 3.63) is 170 Å². The summed E-state index contributed by atoms with van der Waals surface area (Å²) in [5.41, 5.74) is 12.8. The summed E-state index contributed by atoms with van der Waals surface area (Å²) < 4.78 is 5.61. The van der Waals surface area contributed by atoms with Crippen LogP contribution in [0, 0.1) is 0 Å². The smallest absolute Gasteiger partial charge is 0.181 e. The molecular weight excluding hydrogens is 572 g/mol. The molecule has 9 aromatic rings. The van der Waals surface area contributed by atoms with Crippen molar-refractivity contribution < 1.29 is 4.42 Å². The molecular formula is C44H28N2O. The molecule has 9 rings (SSSR count). The molecule has 2 heterocycles. The molecule has 0 unspecified atom stereocenters. The van der Waals surface area contributed by atoms with Gasteiger partial charge in [-0.15, -0.1) is 0 Å². The Kier molecular flexibility index (Phi) is 6.46. The Morgan fingerprint density at radius 2 is 1.11 bits per heavy atom. The number of fused-ring (bicyclic) bond motifs is 3. The Hall–Kier alpha value is -6.32. The van der Waals surface area contributed by atoms with E-state index < -0.39 is 0 Å². The lowest BCUT2D eigenvalue weighted by molar-refractivity contribution is 0.602. The Labute approximate surface area is 272 Å². The van der Waals surface area contributed by atoms with Crippen molar-refractivity contribution in [3.8, 4) is 55.9 Å². The summed E-state index contributed by atoms with van der Waals surface area (Å²) in [7, 11) is 0. The lowest BCUT2D eigenvalue weighted by Gasteiger charge is -2.16. The van der Waals surface area contributed by atoms with Gasteiger partial charge in [-0.05, 0) is 73.8 Å². The van der Waals surface area contributed by atoms with Gasteiger partial charge in [0.1, 0.15) is 5.52 Å². The Morgan fingerprint density at radius 3 is 1.98 bits per heavy atom. The van der Waals surface area contributed by atoms with Crippen molar-refractivity contribution in [2.24, 2.45) is 0 Å². The molecule has 0 saturated carbocycles. The zero-order valence-corrected chi connectivity index (χ0v) is 25.5. The van der Waals surface area contributed by atoms with Crippen LogP contribution >= 0.6 is 0 Å². The van der Waals surface area contributed by atoms with Gasteiger partial charge in [0.15, 0.2) is 12.0 Å². The van der Waals surface area contributed by atoms with Crippen LogP contribution < -0.4 is 0 Å². The minimum atomic E-state index is 0.787. The number of hydrogen-bond acceptors (Lipinski definition) is 3. The van der Waals surface area contributed by atoms with Crippen LogP contribution in [0.25, 0.3) is 88.5 Å². The Morgan fingerprint density at radius 1 is 0.426 bits per heavy atom. The van der Waals surface area contributed by atoms with Crippen molar-refractivity contribution in [1.29, 1.82) is 0 Å². The van der Waals surface area contributed by atoms with Gasteiger partial charge in [0.05, 0.1) is 11.4 Å². The fourth-order valence-electron chi connectivity index (χ4n) is 6.70. The number of nitrogens with zero attached hydrogens (tertiary/aromatic N) is 2. The van der Waals surface area contributed by atoms with Crippen molar-refractivity contribution in [1.82, 2.24) is 9.97 Å². The lowest BCUT2D eigenvalue weighted by atomic mass is 9.88. The van der Waals surface area contributed by atoms with Crippen molar-refractivity contribution >= 4 is 32.6 Å². The standard InChI is InChI=1S/C44H28N2O/c1-2-10-31(11-3-1)41-26-35-12-5-7-16-39(35)44(46-41)32-19-17-30(18-20-32)38-23-21-29-9-4-6-15-37(29)43(38)36-14-8-13-33(25-36)34-22-24-40-42(27-34)47-28-45-40/h1-28H. The van der Waals surface area contributed by atoms with Gasteiger partial charge in [0.25, 0.3) is 0 Å². The summed E-state index contributed by atoms with van der Waals surface area (Å²) in [6.07, 6.45) is 1.50. The van der Waals surface area contributed by atoms with Gasteiger partial charge in [-0.2, -0.15) is 0 Å². The third-order valence-electron chi connectivity index (χ3n) is 9.02. The quantitative estimate of drug-likeness (QED) is 0.197. The minimum Gasteiger partial charge on any atom is -0.443 e. The average molecular weight is 601 g/mol. The first-order chi connectivity index (χ1) is 23.3. The first-order valence-electron chi connectivity index (χ1n) is 15.8. The third-order valence-corrected chi connectivity index (χ3v) is 9.02. The van der Waals surface area contributed by atoms with E-state index in [0.29, 0.717) is 0 Å². The minimum absolute atomic E-state index is 0.787. The predicted molar refractivity (Wildman–Crippen MR) is 194 cm³/mol. The van der Waals surface area contributed by atoms with Crippen molar-refractivity contribution in [2.75, 3.05) is 0 Å². The van der Waals surface area contributed by atoms with Gasteiger partial charge in [-0.25, -0.2) is 9.97 Å². The summed E-state index contributed by atoms with van der Waals surface area (Å²) >= 11 is 0. The molecule has 2 aromatic heterocycles. The molecule has 3 heteroatoms. The van der Waals surface area contributed by atoms with E-state index in [4.69, 9.17) is 9.40 Å². The number of hydrogen-bond donors (Lipinski definition) is 0. The molecule has 47 heavy (non-hydrogen) atoms. The zero-order valence-electron chi connectivity index (χ0n) is 25.5. The van der Waals surface area contributed by atoms with E-state index in [-0.39, 0.29) is 0 Å². The number of rotatable bonds is 5. The predicted octanol–water partition coefficient (Wildman–Crippen LogP) is 11.9. The van der Waals surface area contributed by atoms with Gasteiger partial charge in [0, 0.05) is 16.5 Å². The fourth-order valence-corrected chi connectivity index (χ4v) is 6.70. The monoisotopic (exact) mass is 600 g/mol. The molecule has 0 atom stereocenters. The van der Waals surface area contributed by atoms with Gasteiger partial charge in [0.2, 0.25) is 0 Å². The molecule has 0 amide bonds. The largest absolute Gasteiger partial charge is 0.443 e. The Balaban J connectivity index is 1.17. The molecule has 0 aliphatic carbocycles. The second-order valence-corrected chi connectivity index (χ2v) is 11.8. The van der Waals surface area contributed by atoms with Crippen LogP contribution in [0.1, 0.15) is 0 Å². The molecule has 0 fully saturated rings. The van der Waals surface area contributed by atoms with E-state index in [0.717, 1.165) is 55.7 Å². The molecule has 220 valence electrons. The summed E-state index contributed by atoms with van der Waals surface area (Å²) in [6.45, 7) is 0. The third kappa shape index (κ3) is 4.86. The van der Waals surface area contributed by atoms with Crippen LogP contribution in [0.15, 0.2) is 175 Å². The van der Waals surface area contributed by atoms with Crippen molar-refractivity contribution in [3.63, 3.8) is 0 Å². The van der Waals surface area contributed by atoms with Gasteiger partial charge in [-0.3, -0.25) is 0 Å². The number of oxazole rings is 1. The molecule has 3 nitrogen and oxygen atoms in total. The van der Waals surface area contributed by atoms with E-state index in [2.05, 4.69) is 157 Å². The van der Waals surface area contributed by atoms with Crippen LogP contribution in [-0.2, 0) is 0 Å². The molecule has 0 aliphatic rings. The van der Waals surface area contributed by atoms with Gasteiger partial charge >= 0.3 is 0 Å². The highest BCUT2D eigenvalue weighted by atomic mass is 16.3. The molecule has 0 N–H and O–H groups in total. The highest BCUT2D eigenvalue weighted by Crippen LogP contribution is 2.41. The summed E-state index contributed by atoms with van der Waals surface area (Å²) in [6, 6.07) is 58.0. The maximum Gasteiger partial charge on any atom is 0.181 e. The molecule has 0 radical (unpaired) electrons. The van der Waals surface area contributed by atoms with E-state index in [1.54, 1.807) is 0 Å². The maximum absolute atomic E-state index is 5.61. The second-order valence-electron chi connectivity index (χ2n) is 11.8. The summed E-state index contributed by atoms with van der Waals surface area (Å²) in [4.78, 5) is 9.48. The molecule has 0 saturated heterocycles. The number of pyridine rings is 1. The SMILES string of the molecule is c1ccc(-c2cc3ccccc3c(-c3ccc(-c4ccc5ccccc5c4-c4cccc(-c5ccc6ncoc6c5)c4)cc3)n2)cc1. The summed E-state index contributed by atoms with van der Waals surface area (Å²) in [5, 5.41) is 4.76. The Bertz CT molecular complexity index is 2560. The van der Waals surface area contributed by atoms with Gasteiger partial charge < -0.3 is 4.42 Å². The number of benzene rings is 7. The van der Waals surface area contributed by atoms with E-state index in [1.165, 1.54) is 39.2 Å². The highest BCUT2D eigenvalue weighted by molar-refractivity contribution is 6.05. The van der Waals surface area contributed by atoms with Crippen LogP contribution in [-0.4, -0.2) is 9.97 Å². The first-order valence-corrected chi connectivity index (χ1v) is 15.8. The van der Waals surface area contributed by atoms with Crippen LogP contribution in [0.5, 0.6) is 0 Å². The van der Waals surface area contributed by atoms with Crippen LogP contribution in [0.2, 0.25) is 0 Å². The molecule has 0 aliphatic heterocycles. The summed E-state index contributed by atoms with van der Waals surface area (Å²) in [5.74, 6) is 0. The normalized spacial score (nSPS) is 11.4. The molecule has 7 aromatic carbocycles. The van der Waals surface area contributed by atoms with E-state index >= 15 is 0 Å². The fraction of sp³-hybridized carbons (Fsp3) is 0. The molecule has 0 bridgehead atoms. The topological polar surface area (TPSA) is 38.9 Å².